The molecular formula is C15H17BrFNS. The van der Waals surface area contributed by atoms with Gasteiger partial charge >= 0.3 is 0 Å². The number of thiophene rings is 1. The highest BCUT2D eigenvalue weighted by Crippen LogP contribution is 2.27. The van der Waals surface area contributed by atoms with E-state index in [1.54, 1.807) is 23.5 Å². The predicted molar refractivity (Wildman–Crippen MR) is 83.2 cm³/mol. The van der Waals surface area contributed by atoms with Gasteiger partial charge in [-0.1, -0.05) is 19.1 Å². The van der Waals surface area contributed by atoms with Crippen molar-refractivity contribution in [1.29, 1.82) is 0 Å². The predicted octanol–water partition coefficient (Wildman–Crippen LogP) is 4.93. The second-order valence-electron chi connectivity index (χ2n) is 4.52. The van der Waals surface area contributed by atoms with Crippen LogP contribution < -0.4 is 5.32 Å². The zero-order chi connectivity index (χ0) is 13.7. The van der Waals surface area contributed by atoms with E-state index >= 15 is 0 Å². The molecule has 0 aliphatic heterocycles. The summed E-state index contributed by atoms with van der Waals surface area (Å²) >= 11 is 5.18. The fourth-order valence-corrected chi connectivity index (χ4v) is 3.26. The lowest BCUT2D eigenvalue weighted by atomic mass is 10.0. The number of rotatable bonds is 6. The fraction of sp³-hybridized carbons (Fsp3) is 0.333. The lowest BCUT2D eigenvalue weighted by molar-refractivity contribution is 0.528. The second kappa shape index (κ2) is 7.17. The molecule has 1 unspecified atom stereocenters. The minimum absolute atomic E-state index is 0.168. The zero-order valence-electron chi connectivity index (χ0n) is 10.8. The number of halogens is 2. The highest BCUT2D eigenvalue weighted by molar-refractivity contribution is 9.11. The molecule has 1 heterocycles. The SMILES string of the molecule is CCCNC(Cc1cccc(F)c1)c1csc(Br)c1. The Kier molecular flexibility index (Phi) is 5.55. The molecule has 0 bridgehead atoms. The highest BCUT2D eigenvalue weighted by Gasteiger charge is 2.13. The molecule has 1 nitrogen and oxygen atoms in total. The summed E-state index contributed by atoms with van der Waals surface area (Å²) in [5.41, 5.74) is 2.28. The number of nitrogens with one attached hydrogen (secondary N) is 1. The molecule has 0 radical (unpaired) electrons. The van der Waals surface area contributed by atoms with Crippen molar-refractivity contribution in [2.24, 2.45) is 0 Å². The van der Waals surface area contributed by atoms with Crippen LogP contribution in [-0.4, -0.2) is 6.54 Å². The van der Waals surface area contributed by atoms with Gasteiger partial charge in [-0.05, 0) is 70.0 Å². The van der Waals surface area contributed by atoms with Gasteiger partial charge in [-0.25, -0.2) is 4.39 Å². The Morgan fingerprint density at radius 1 is 1.37 bits per heavy atom. The summed E-state index contributed by atoms with van der Waals surface area (Å²) in [6.07, 6.45) is 1.89. The quantitative estimate of drug-likeness (QED) is 0.785. The maximum absolute atomic E-state index is 13.3. The Morgan fingerprint density at radius 3 is 2.84 bits per heavy atom. The van der Waals surface area contributed by atoms with E-state index in [0.717, 1.165) is 28.7 Å². The molecular weight excluding hydrogens is 325 g/mol. The molecule has 0 aliphatic carbocycles. The van der Waals surface area contributed by atoms with E-state index in [1.807, 2.05) is 6.07 Å². The van der Waals surface area contributed by atoms with E-state index in [2.05, 4.69) is 39.6 Å². The molecule has 0 saturated carbocycles. The van der Waals surface area contributed by atoms with Gasteiger partial charge < -0.3 is 5.32 Å². The minimum atomic E-state index is -0.168. The van der Waals surface area contributed by atoms with Crippen molar-refractivity contribution in [1.82, 2.24) is 5.32 Å². The summed E-state index contributed by atoms with van der Waals surface area (Å²) in [7, 11) is 0. The molecule has 0 aliphatic rings. The van der Waals surface area contributed by atoms with Gasteiger partial charge in [0.1, 0.15) is 5.82 Å². The standard InChI is InChI=1S/C15H17BrFNS/c1-2-6-18-14(12-9-15(16)19-10-12)8-11-4-3-5-13(17)7-11/h3-5,7,9-10,14,18H,2,6,8H2,1H3. The van der Waals surface area contributed by atoms with Gasteiger partial charge in [0, 0.05) is 6.04 Å². The molecule has 1 aromatic heterocycles. The Bertz CT molecular complexity index is 526. The van der Waals surface area contributed by atoms with E-state index in [-0.39, 0.29) is 11.9 Å². The van der Waals surface area contributed by atoms with Crippen LogP contribution in [0.2, 0.25) is 0 Å². The first-order valence-corrected chi connectivity index (χ1v) is 8.08. The lowest BCUT2D eigenvalue weighted by Gasteiger charge is -2.17. The molecule has 4 heteroatoms. The molecule has 19 heavy (non-hydrogen) atoms. The Morgan fingerprint density at radius 2 is 2.21 bits per heavy atom. The van der Waals surface area contributed by atoms with Crippen molar-refractivity contribution in [3.8, 4) is 0 Å². The van der Waals surface area contributed by atoms with Crippen molar-refractivity contribution < 1.29 is 4.39 Å². The first-order chi connectivity index (χ1) is 9.19. The van der Waals surface area contributed by atoms with E-state index < -0.39 is 0 Å². The third-order valence-electron chi connectivity index (χ3n) is 2.96. The zero-order valence-corrected chi connectivity index (χ0v) is 13.2. The van der Waals surface area contributed by atoms with Crippen LogP contribution in [0.3, 0.4) is 0 Å². The van der Waals surface area contributed by atoms with Gasteiger partial charge in [-0.3, -0.25) is 0 Å². The summed E-state index contributed by atoms with van der Waals surface area (Å²) in [5.74, 6) is -0.168. The molecule has 0 spiro atoms. The maximum Gasteiger partial charge on any atom is 0.123 e. The van der Waals surface area contributed by atoms with Crippen LogP contribution in [-0.2, 0) is 6.42 Å². The second-order valence-corrected chi connectivity index (χ2v) is 6.82. The summed E-state index contributed by atoms with van der Waals surface area (Å²) in [6, 6.07) is 9.22. The molecule has 2 aromatic rings. The van der Waals surface area contributed by atoms with Crippen molar-refractivity contribution in [3.63, 3.8) is 0 Å². The Balaban J connectivity index is 2.13. The Hall–Kier alpha value is -0.710. The summed E-state index contributed by atoms with van der Waals surface area (Å²) < 4.78 is 14.4. The maximum atomic E-state index is 13.3. The fourth-order valence-electron chi connectivity index (χ4n) is 2.03. The van der Waals surface area contributed by atoms with Crippen LogP contribution in [0.4, 0.5) is 4.39 Å². The summed E-state index contributed by atoms with van der Waals surface area (Å²) in [6.45, 7) is 3.11. The van der Waals surface area contributed by atoms with E-state index in [4.69, 9.17) is 0 Å². The smallest absolute Gasteiger partial charge is 0.123 e. The van der Waals surface area contributed by atoms with Gasteiger partial charge in [0.15, 0.2) is 0 Å². The topological polar surface area (TPSA) is 12.0 Å². The number of benzene rings is 1. The van der Waals surface area contributed by atoms with Crippen LogP contribution in [0.1, 0.15) is 30.5 Å². The van der Waals surface area contributed by atoms with Crippen molar-refractivity contribution in [2.75, 3.05) is 6.54 Å². The van der Waals surface area contributed by atoms with Crippen molar-refractivity contribution in [3.05, 3.63) is 56.4 Å². The van der Waals surface area contributed by atoms with Crippen LogP contribution >= 0.6 is 27.3 Å². The van der Waals surface area contributed by atoms with Crippen molar-refractivity contribution >= 4 is 27.3 Å². The van der Waals surface area contributed by atoms with Gasteiger partial charge in [-0.2, -0.15) is 0 Å². The van der Waals surface area contributed by atoms with Gasteiger partial charge in [0.25, 0.3) is 0 Å². The molecule has 0 fully saturated rings. The largest absolute Gasteiger partial charge is 0.310 e. The van der Waals surface area contributed by atoms with Crippen molar-refractivity contribution in [2.45, 2.75) is 25.8 Å². The number of hydrogen-bond donors (Lipinski definition) is 1. The molecule has 1 atom stereocenters. The molecule has 1 aromatic carbocycles. The Labute approximate surface area is 126 Å². The monoisotopic (exact) mass is 341 g/mol. The van der Waals surface area contributed by atoms with Gasteiger partial charge in [0.2, 0.25) is 0 Å². The summed E-state index contributed by atoms with van der Waals surface area (Å²) in [4.78, 5) is 0. The van der Waals surface area contributed by atoms with E-state index in [1.165, 1.54) is 11.6 Å². The van der Waals surface area contributed by atoms with E-state index in [0.29, 0.717) is 0 Å². The normalized spacial score (nSPS) is 12.6. The molecule has 2 rings (SSSR count). The molecule has 1 N–H and O–H groups in total. The van der Waals surface area contributed by atoms with Gasteiger partial charge in [0.05, 0.1) is 3.79 Å². The molecule has 0 saturated heterocycles. The first-order valence-electron chi connectivity index (χ1n) is 6.40. The first kappa shape index (κ1) is 14.7. The van der Waals surface area contributed by atoms with Crippen LogP contribution in [0, 0.1) is 5.82 Å². The number of hydrogen-bond acceptors (Lipinski definition) is 2. The summed E-state index contributed by atoms with van der Waals surface area (Å²) in [5, 5.41) is 5.68. The third kappa shape index (κ3) is 4.41. The van der Waals surface area contributed by atoms with Crippen LogP contribution in [0.5, 0.6) is 0 Å². The highest BCUT2D eigenvalue weighted by atomic mass is 79.9. The molecule has 102 valence electrons. The molecule has 0 amide bonds. The van der Waals surface area contributed by atoms with Crippen LogP contribution in [0.15, 0.2) is 39.5 Å². The van der Waals surface area contributed by atoms with E-state index in [9.17, 15) is 4.39 Å². The average molecular weight is 342 g/mol. The third-order valence-corrected chi connectivity index (χ3v) is 4.48. The lowest BCUT2D eigenvalue weighted by Crippen LogP contribution is -2.23. The minimum Gasteiger partial charge on any atom is -0.310 e. The average Bonchev–Trinajstić information content (AvgIpc) is 2.81. The van der Waals surface area contributed by atoms with Gasteiger partial charge in [-0.15, -0.1) is 11.3 Å². The van der Waals surface area contributed by atoms with Crippen LogP contribution in [0.25, 0.3) is 0 Å².